The van der Waals surface area contributed by atoms with Crippen molar-refractivity contribution in [2.75, 3.05) is 32.6 Å². The lowest BCUT2D eigenvalue weighted by Gasteiger charge is -2.38. The number of nitrogens with one attached hydrogen (secondary N) is 2. The van der Waals surface area contributed by atoms with Gasteiger partial charge in [0, 0.05) is 24.8 Å². The molecule has 2 aromatic carbocycles. The van der Waals surface area contributed by atoms with E-state index < -0.39 is 0 Å². The number of nitrogens with zero attached hydrogens (tertiary/aromatic N) is 2. The summed E-state index contributed by atoms with van der Waals surface area (Å²) in [5, 5.41) is 2.89. The van der Waals surface area contributed by atoms with E-state index in [1.807, 2.05) is 24.3 Å². The van der Waals surface area contributed by atoms with Crippen molar-refractivity contribution >= 4 is 22.8 Å². The van der Waals surface area contributed by atoms with Gasteiger partial charge in [-0.1, -0.05) is 12.1 Å². The molecule has 26 heavy (non-hydrogen) atoms. The Bertz CT molecular complexity index is 914. The highest BCUT2D eigenvalue weighted by atomic mass is 16.5. The molecule has 7 heteroatoms. The Balaban J connectivity index is 1.38. The summed E-state index contributed by atoms with van der Waals surface area (Å²) in [5.41, 5.74) is 2.64. The second kappa shape index (κ2) is 6.59. The summed E-state index contributed by atoms with van der Waals surface area (Å²) in [4.78, 5) is 22.1. The summed E-state index contributed by atoms with van der Waals surface area (Å²) in [6.07, 6.45) is 0. The second-order valence-corrected chi connectivity index (χ2v) is 6.24. The maximum Gasteiger partial charge on any atom is 0.321 e. The quantitative estimate of drug-likeness (QED) is 0.756. The molecule has 1 aliphatic rings. The Morgan fingerprint density at radius 2 is 1.92 bits per heavy atom. The molecule has 2 amide bonds. The van der Waals surface area contributed by atoms with E-state index in [9.17, 15) is 4.79 Å². The highest BCUT2D eigenvalue weighted by Gasteiger charge is 2.33. The first-order valence-corrected chi connectivity index (χ1v) is 8.40. The number of carbonyl (C=O) groups excluding carboxylic acids is 1. The predicted molar refractivity (Wildman–Crippen MR) is 99.0 cm³/mol. The zero-order chi connectivity index (χ0) is 18.1. The van der Waals surface area contributed by atoms with Crippen LogP contribution >= 0.6 is 0 Å². The highest BCUT2D eigenvalue weighted by Crippen LogP contribution is 2.31. The van der Waals surface area contributed by atoms with E-state index in [2.05, 4.69) is 15.3 Å². The molecule has 3 aromatic rings. The number of amides is 2. The molecule has 0 aliphatic carbocycles. The van der Waals surface area contributed by atoms with Crippen LogP contribution in [0.2, 0.25) is 0 Å². The Morgan fingerprint density at radius 1 is 1.15 bits per heavy atom. The summed E-state index contributed by atoms with van der Waals surface area (Å²) in [6, 6.07) is 13.1. The zero-order valence-corrected chi connectivity index (χ0v) is 14.7. The van der Waals surface area contributed by atoms with Crippen LogP contribution in [0.3, 0.4) is 0 Å². The van der Waals surface area contributed by atoms with E-state index in [0.29, 0.717) is 30.3 Å². The van der Waals surface area contributed by atoms with Crippen molar-refractivity contribution in [3.63, 3.8) is 0 Å². The van der Waals surface area contributed by atoms with Crippen molar-refractivity contribution in [2.45, 2.75) is 5.92 Å². The summed E-state index contributed by atoms with van der Waals surface area (Å²) in [5.74, 6) is 2.37. The number of ether oxygens (including phenoxy) is 2. The van der Waals surface area contributed by atoms with Crippen molar-refractivity contribution < 1.29 is 14.3 Å². The van der Waals surface area contributed by atoms with Crippen molar-refractivity contribution in [2.24, 2.45) is 0 Å². The maximum atomic E-state index is 12.4. The lowest BCUT2D eigenvalue weighted by Crippen LogP contribution is -2.50. The Hall–Kier alpha value is -3.22. The maximum absolute atomic E-state index is 12.4. The van der Waals surface area contributed by atoms with Crippen molar-refractivity contribution in [3.8, 4) is 11.5 Å². The second-order valence-electron chi connectivity index (χ2n) is 6.24. The van der Waals surface area contributed by atoms with Gasteiger partial charge in [-0.15, -0.1) is 0 Å². The van der Waals surface area contributed by atoms with Crippen molar-refractivity contribution in [1.29, 1.82) is 0 Å². The number of aromatic amines is 1. The number of anilines is 1. The third kappa shape index (κ3) is 2.92. The molecule has 0 unspecified atom stereocenters. The Labute approximate surface area is 150 Å². The average molecular weight is 352 g/mol. The van der Waals surface area contributed by atoms with E-state index in [-0.39, 0.29) is 11.9 Å². The number of imidazole rings is 1. The van der Waals surface area contributed by atoms with Crippen molar-refractivity contribution in [1.82, 2.24) is 14.9 Å². The van der Waals surface area contributed by atoms with E-state index in [1.54, 1.807) is 37.3 Å². The number of benzene rings is 2. The van der Waals surface area contributed by atoms with Crippen LogP contribution < -0.4 is 14.8 Å². The van der Waals surface area contributed by atoms with Crippen LogP contribution in [-0.2, 0) is 0 Å². The number of para-hydroxylation sites is 2. The lowest BCUT2D eigenvalue weighted by molar-refractivity contribution is 0.161. The first-order chi connectivity index (χ1) is 12.7. The third-order valence-corrected chi connectivity index (χ3v) is 4.60. The van der Waals surface area contributed by atoms with Gasteiger partial charge in [-0.05, 0) is 24.3 Å². The fourth-order valence-electron chi connectivity index (χ4n) is 3.10. The van der Waals surface area contributed by atoms with Crippen molar-refractivity contribution in [3.05, 3.63) is 48.3 Å². The minimum absolute atomic E-state index is 0.135. The molecule has 0 atom stereocenters. The fourth-order valence-corrected chi connectivity index (χ4v) is 3.10. The number of likely N-dealkylation sites (tertiary alicyclic amines) is 1. The lowest BCUT2D eigenvalue weighted by atomic mass is 10.0. The van der Waals surface area contributed by atoms with Gasteiger partial charge in [-0.25, -0.2) is 9.78 Å². The van der Waals surface area contributed by atoms with E-state index in [4.69, 9.17) is 9.47 Å². The van der Waals surface area contributed by atoms with Crippen LogP contribution in [0.5, 0.6) is 11.5 Å². The van der Waals surface area contributed by atoms with Gasteiger partial charge in [0.25, 0.3) is 0 Å². The van der Waals surface area contributed by atoms with Crippen LogP contribution in [0.25, 0.3) is 11.0 Å². The predicted octanol–water partition coefficient (Wildman–Crippen LogP) is 3.21. The van der Waals surface area contributed by atoms with Crippen LogP contribution in [0, 0.1) is 0 Å². The van der Waals surface area contributed by atoms with Gasteiger partial charge < -0.3 is 24.7 Å². The normalized spacial score (nSPS) is 14.2. The Kier molecular flexibility index (Phi) is 4.12. The first kappa shape index (κ1) is 16.3. The molecule has 1 fully saturated rings. The summed E-state index contributed by atoms with van der Waals surface area (Å²) in [6.45, 7) is 1.28. The molecule has 1 saturated heterocycles. The van der Waals surface area contributed by atoms with Crippen LogP contribution in [0.4, 0.5) is 10.5 Å². The molecule has 4 rings (SSSR count). The molecule has 0 saturated carbocycles. The SMILES string of the molecule is COc1ccc(NC(=O)N2CC(c3nc4ccccc4[nH]3)C2)cc1OC. The molecule has 2 N–H and O–H groups in total. The molecular formula is C19H20N4O3. The number of hydrogen-bond donors (Lipinski definition) is 2. The van der Waals surface area contributed by atoms with Gasteiger partial charge in [-0.3, -0.25) is 0 Å². The van der Waals surface area contributed by atoms with Gasteiger partial charge in [0.2, 0.25) is 0 Å². The zero-order valence-electron chi connectivity index (χ0n) is 14.7. The number of rotatable bonds is 4. The first-order valence-electron chi connectivity index (χ1n) is 8.40. The molecule has 1 aromatic heterocycles. The number of methoxy groups -OCH3 is 2. The van der Waals surface area contributed by atoms with Gasteiger partial charge >= 0.3 is 6.03 Å². The molecular weight excluding hydrogens is 332 g/mol. The average Bonchev–Trinajstić information content (AvgIpc) is 3.03. The minimum atomic E-state index is -0.135. The van der Waals surface area contributed by atoms with Crippen LogP contribution in [0.1, 0.15) is 11.7 Å². The topological polar surface area (TPSA) is 79.5 Å². The molecule has 0 bridgehead atoms. The van der Waals surface area contributed by atoms with E-state index in [0.717, 1.165) is 16.9 Å². The molecule has 134 valence electrons. The number of urea groups is 1. The van der Waals surface area contributed by atoms with Gasteiger partial charge in [0.1, 0.15) is 5.82 Å². The number of H-pyrrole nitrogens is 1. The van der Waals surface area contributed by atoms with Gasteiger partial charge in [-0.2, -0.15) is 0 Å². The fraction of sp³-hybridized carbons (Fsp3) is 0.263. The Morgan fingerprint density at radius 3 is 2.65 bits per heavy atom. The monoisotopic (exact) mass is 352 g/mol. The van der Waals surface area contributed by atoms with Gasteiger partial charge in [0.05, 0.1) is 31.2 Å². The molecule has 2 heterocycles. The molecule has 1 aliphatic heterocycles. The summed E-state index contributed by atoms with van der Waals surface area (Å²) < 4.78 is 10.5. The van der Waals surface area contributed by atoms with E-state index >= 15 is 0 Å². The standard InChI is InChI=1S/C19H20N4O3/c1-25-16-8-7-13(9-17(16)26-2)20-19(24)23-10-12(11-23)18-21-14-5-3-4-6-15(14)22-18/h3-9,12H,10-11H2,1-2H3,(H,20,24)(H,21,22). The van der Waals surface area contributed by atoms with Crippen LogP contribution in [-0.4, -0.2) is 48.2 Å². The highest BCUT2D eigenvalue weighted by molar-refractivity contribution is 5.90. The number of fused-ring (bicyclic) bond motifs is 1. The smallest absolute Gasteiger partial charge is 0.321 e. The molecule has 0 spiro atoms. The summed E-state index contributed by atoms with van der Waals surface area (Å²) in [7, 11) is 3.14. The molecule has 7 nitrogen and oxygen atoms in total. The summed E-state index contributed by atoms with van der Waals surface area (Å²) >= 11 is 0. The van der Waals surface area contributed by atoms with Crippen LogP contribution in [0.15, 0.2) is 42.5 Å². The number of carbonyl (C=O) groups is 1. The largest absolute Gasteiger partial charge is 0.493 e. The number of aromatic nitrogens is 2. The minimum Gasteiger partial charge on any atom is -0.493 e. The van der Waals surface area contributed by atoms with Gasteiger partial charge in [0.15, 0.2) is 11.5 Å². The third-order valence-electron chi connectivity index (χ3n) is 4.60. The number of hydrogen-bond acceptors (Lipinski definition) is 4. The van der Waals surface area contributed by atoms with E-state index in [1.165, 1.54) is 0 Å². The molecule has 0 radical (unpaired) electrons.